The molecule has 0 amide bonds. The molecular weight excluding hydrogens is 376 g/mol. The molecule has 9 nitrogen and oxygen atoms in total. The van der Waals surface area contributed by atoms with Crippen LogP contribution in [-0.2, 0) is 4.74 Å². The van der Waals surface area contributed by atoms with Crippen LogP contribution in [0.15, 0.2) is 48.8 Å². The molecule has 3 aromatic rings. The molecule has 1 heterocycles. The topological polar surface area (TPSA) is 118 Å². The Morgan fingerprint density at radius 1 is 0.966 bits per heavy atom. The summed E-state index contributed by atoms with van der Waals surface area (Å²) in [6.07, 6.45) is 1.33. The van der Waals surface area contributed by atoms with E-state index in [4.69, 9.17) is 19.9 Å². The van der Waals surface area contributed by atoms with Gasteiger partial charge in [-0.15, -0.1) is 0 Å². The summed E-state index contributed by atoms with van der Waals surface area (Å²) in [6, 6.07) is 11.7. The van der Waals surface area contributed by atoms with Gasteiger partial charge in [-0.05, 0) is 36.4 Å². The second-order valence-corrected chi connectivity index (χ2v) is 5.75. The number of nitrogens with two attached hydrogens (primary N) is 1. The average molecular weight is 396 g/mol. The van der Waals surface area contributed by atoms with E-state index in [1.165, 1.54) is 13.4 Å². The van der Waals surface area contributed by atoms with Crippen LogP contribution >= 0.6 is 0 Å². The lowest BCUT2D eigenvalue weighted by Gasteiger charge is -2.14. The second-order valence-electron chi connectivity index (χ2n) is 5.75. The predicted octanol–water partition coefficient (Wildman–Crippen LogP) is 3.40. The molecule has 0 aliphatic rings. The molecule has 150 valence electrons. The van der Waals surface area contributed by atoms with E-state index in [-0.39, 0.29) is 11.6 Å². The summed E-state index contributed by atoms with van der Waals surface area (Å²) in [5.74, 6) is 1.75. The number of benzene rings is 2. The molecule has 0 fully saturated rings. The molecule has 0 atom stereocenters. The van der Waals surface area contributed by atoms with Gasteiger partial charge < -0.3 is 30.0 Å². The first kappa shape index (κ1) is 19.7. The van der Waals surface area contributed by atoms with Gasteiger partial charge in [-0.1, -0.05) is 0 Å². The number of ether oxygens (including phenoxy) is 4. The number of anilines is 3. The first-order valence-electron chi connectivity index (χ1n) is 8.51. The van der Waals surface area contributed by atoms with Gasteiger partial charge in [-0.3, -0.25) is 0 Å². The highest BCUT2D eigenvalue weighted by Gasteiger charge is 2.14. The van der Waals surface area contributed by atoms with Crippen molar-refractivity contribution in [1.82, 2.24) is 9.97 Å². The monoisotopic (exact) mass is 396 g/mol. The highest BCUT2D eigenvalue weighted by molar-refractivity contribution is 5.89. The maximum absolute atomic E-state index is 11.5. The summed E-state index contributed by atoms with van der Waals surface area (Å²) >= 11 is 0. The van der Waals surface area contributed by atoms with E-state index < -0.39 is 5.97 Å². The molecule has 0 saturated heterocycles. The van der Waals surface area contributed by atoms with Crippen LogP contribution in [0, 0.1) is 0 Å². The van der Waals surface area contributed by atoms with Crippen molar-refractivity contribution in [3.8, 4) is 23.1 Å². The van der Waals surface area contributed by atoms with Gasteiger partial charge in [0.25, 0.3) is 0 Å². The number of carbonyl (C=O) groups is 1. The Hall–Kier alpha value is -4.01. The van der Waals surface area contributed by atoms with Crippen LogP contribution in [0.3, 0.4) is 0 Å². The molecule has 0 radical (unpaired) electrons. The van der Waals surface area contributed by atoms with Gasteiger partial charge >= 0.3 is 5.97 Å². The van der Waals surface area contributed by atoms with Crippen molar-refractivity contribution in [2.45, 2.75) is 0 Å². The SMILES string of the molecule is COC(=O)c1ccc(Oc2ncnc(Nc3ccc(OC)cc3OC)c2N)cc1. The number of carbonyl (C=O) groups excluding carboxylic acids is 1. The zero-order chi connectivity index (χ0) is 20.8. The summed E-state index contributed by atoms with van der Waals surface area (Å²) in [5, 5.41) is 3.10. The van der Waals surface area contributed by atoms with E-state index in [0.29, 0.717) is 34.3 Å². The van der Waals surface area contributed by atoms with Gasteiger partial charge in [0.2, 0.25) is 5.88 Å². The zero-order valence-electron chi connectivity index (χ0n) is 16.1. The number of hydrogen-bond acceptors (Lipinski definition) is 9. The third-order valence-electron chi connectivity index (χ3n) is 4.00. The number of nitrogens with zero attached hydrogens (tertiary/aromatic N) is 2. The fraction of sp³-hybridized carbons (Fsp3) is 0.150. The predicted molar refractivity (Wildman–Crippen MR) is 107 cm³/mol. The summed E-state index contributed by atoms with van der Waals surface area (Å²) in [5.41, 5.74) is 7.44. The molecule has 0 saturated carbocycles. The van der Waals surface area contributed by atoms with Crippen LogP contribution in [0.25, 0.3) is 0 Å². The van der Waals surface area contributed by atoms with Gasteiger partial charge in [-0.25, -0.2) is 9.78 Å². The number of esters is 1. The summed E-state index contributed by atoms with van der Waals surface area (Å²) in [4.78, 5) is 19.8. The minimum absolute atomic E-state index is 0.167. The number of nitrogens with one attached hydrogen (secondary N) is 1. The largest absolute Gasteiger partial charge is 0.497 e. The Balaban J connectivity index is 1.82. The normalized spacial score (nSPS) is 10.2. The van der Waals surface area contributed by atoms with Gasteiger partial charge in [0.05, 0.1) is 32.6 Å². The minimum Gasteiger partial charge on any atom is -0.497 e. The molecule has 3 rings (SSSR count). The first-order valence-corrected chi connectivity index (χ1v) is 8.51. The second kappa shape index (κ2) is 8.79. The first-order chi connectivity index (χ1) is 14.0. The number of hydrogen-bond donors (Lipinski definition) is 2. The molecular formula is C20H20N4O5. The lowest BCUT2D eigenvalue weighted by molar-refractivity contribution is 0.0600. The Morgan fingerprint density at radius 3 is 2.34 bits per heavy atom. The van der Waals surface area contributed by atoms with Crippen LogP contribution in [0.5, 0.6) is 23.1 Å². The Morgan fingerprint density at radius 2 is 1.69 bits per heavy atom. The number of rotatable bonds is 7. The quantitative estimate of drug-likeness (QED) is 0.579. The molecule has 3 N–H and O–H groups in total. The molecule has 2 aromatic carbocycles. The van der Waals surface area contributed by atoms with Crippen LogP contribution < -0.4 is 25.3 Å². The molecule has 0 aliphatic heterocycles. The van der Waals surface area contributed by atoms with Crippen molar-refractivity contribution in [1.29, 1.82) is 0 Å². The number of methoxy groups -OCH3 is 3. The fourth-order valence-electron chi connectivity index (χ4n) is 2.48. The Kier molecular flexibility index (Phi) is 5.98. The van der Waals surface area contributed by atoms with Crippen molar-refractivity contribution >= 4 is 23.2 Å². The Labute approximate surface area is 167 Å². The van der Waals surface area contributed by atoms with Crippen molar-refractivity contribution in [3.05, 3.63) is 54.4 Å². The van der Waals surface area contributed by atoms with Crippen molar-refractivity contribution < 1.29 is 23.7 Å². The van der Waals surface area contributed by atoms with E-state index in [1.54, 1.807) is 56.7 Å². The number of aromatic nitrogens is 2. The van der Waals surface area contributed by atoms with Gasteiger partial charge in [0, 0.05) is 6.07 Å². The lowest BCUT2D eigenvalue weighted by Crippen LogP contribution is -2.04. The molecule has 9 heteroatoms. The average Bonchev–Trinajstić information content (AvgIpc) is 2.76. The van der Waals surface area contributed by atoms with Crippen LogP contribution in [0.2, 0.25) is 0 Å². The Bertz CT molecular complexity index is 1010. The maximum Gasteiger partial charge on any atom is 0.337 e. The zero-order valence-corrected chi connectivity index (χ0v) is 16.1. The van der Waals surface area contributed by atoms with E-state index >= 15 is 0 Å². The molecule has 0 spiro atoms. The maximum atomic E-state index is 11.5. The van der Waals surface area contributed by atoms with Crippen molar-refractivity contribution in [2.75, 3.05) is 32.4 Å². The van der Waals surface area contributed by atoms with Crippen LogP contribution in [0.1, 0.15) is 10.4 Å². The van der Waals surface area contributed by atoms with Gasteiger partial charge in [0.15, 0.2) is 5.82 Å². The smallest absolute Gasteiger partial charge is 0.337 e. The highest BCUT2D eigenvalue weighted by atomic mass is 16.5. The van der Waals surface area contributed by atoms with Crippen LogP contribution in [0.4, 0.5) is 17.2 Å². The lowest BCUT2D eigenvalue weighted by atomic mass is 10.2. The van der Waals surface area contributed by atoms with E-state index in [9.17, 15) is 4.79 Å². The fourth-order valence-corrected chi connectivity index (χ4v) is 2.48. The summed E-state index contributed by atoms with van der Waals surface area (Å²) in [6.45, 7) is 0. The highest BCUT2D eigenvalue weighted by Crippen LogP contribution is 2.35. The molecule has 0 bridgehead atoms. The van der Waals surface area contributed by atoms with Gasteiger partial charge in [-0.2, -0.15) is 4.98 Å². The van der Waals surface area contributed by atoms with Gasteiger partial charge in [0.1, 0.15) is 29.3 Å². The minimum atomic E-state index is -0.432. The molecule has 29 heavy (non-hydrogen) atoms. The third kappa shape index (κ3) is 4.46. The van der Waals surface area contributed by atoms with Crippen molar-refractivity contribution in [2.24, 2.45) is 0 Å². The summed E-state index contributed by atoms with van der Waals surface area (Å²) < 4.78 is 21.0. The molecule has 0 aliphatic carbocycles. The number of nitrogen functional groups attached to an aromatic ring is 1. The molecule has 0 unspecified atom stereocenters. The summed E-state index contributed by atoms with van der Waals surface area (Å²) in [7, 11) is 4.45. The van der Waals surface area contributed by atoms with Crippen LogP contribution in [-0.4, -0.2) is 37.3 Å². The van der Waals surface area contributed by atoms with E-state index in [1.807, 2.05) is 0 Å². The standard InChI is InChI=1S/C20H20N4O5/c1-26-14-8-9-15(16(10-14)27-2)24-18-17(21)19(23-11-22-18)29-13-6-4-12(5-7-13)20(25)28-3/h4-11H,21H2,1-3H3,(H,22,23,24). The third-order valence-corrected chi connectivity index (χ3v) is 4.00. The van der Waals surface area contributed by atoms with E-state index in [0.717, 1.165) is 0 Å². The van der Waals surface area contributed by atoms with Crippen molar-refractivity contribution in [3.63, 3.8) is 0 Å². The van der Waals surface area contributed by atoms with E-state index in [2.05, 4.69) is 20.0 Å². The molecule has 1 aromatic heterocycles.